The summed E-state index contributed by atoms with van der Waals surface area (Å²) in [6.45, 7) is 4.98. The number of ether oxygens (including phenoxy) is 1. The molecule has 0 spiro atoms. The predicted octanol–water partition coefficient (Wildman–Crippen LogP) is 2.99. The smallest absolute Gasteiger partial charge is 0.231 e. The van der Waals surface area contributed by atoms with Gasteiger partial charge in [-0.3, -0.25) is 4.79 Å². The van der Waals surface area contributed by atoms with Crippen molar-refractivity contribution in [3.05, 3.63) is 47.8 Å². The van der Waals surface area contributed by atoms with Crippen LogP contribution in [-0.2, 0) is 9.53 Å². The molecule has 1 atom stereocenters. The van der Waals surface area contributed by atoms with Gasteiger partial charge in [0.15, 0.2) is 5.65 Å². The zero-order valence-corrected chi connectivity index (χ0v) is 14.3. The number of rotatable bonds is 3. The number of hydrogen-bond donors (Lipinski definition) is 1. The van der Waals surface area contributed by atoms with E-state index in [0.717, 1.165) is 34.6 Å². The molecule has 0 radical (unpaired) electrons. The first-order valence-electron chi connectivity index (χ1n) is 8.44. The van der Waals surface area contributed by atoms with Crippen molar-refractivity contribution < 1.29 is 9.53 Å². The summed E-state index contributed by atoms with van der Waals surface area (Å²) in [5.74, 6) is 0.511. The normalized spacial score (nSPS) is 17.1. The molecule has 25 heavy (non-hydrogen) atoms. The van der Waals surface area contributed by atoms with Gasteiger partial charge in [-0.25, -0.2) is 4.98 Å². The van der Waals surface area contributed by atoms with Gasteiger partial charge in [-0.1, -0.05) is 30.3 Å². The molecule has 1 fully saturated rings. The maximum atomic E-state index is 12.7. The molecule has 1 saturated heterocycles. The minimum atomic E-state index is -0.121. The molecule has 1 unspecified atom stereocenters. The van der Waals surface area contributed by atoms with Gasteiger partial charge in [-0.15, -0.1) is 0 Å². The van der Waals surface area contributed by atoms with Crippen LogP contribution in [0, 0.1) is 19.8 Å². The van der Waals surface area contributed by atoms with Crippen molar-refractivity contribution in [2.45, 2.75) is 20.3 Å². The van der Waals surface area contributed by atoms with E-state index in [1.165, 1.54) is 0 Å². The minimum Gasteiger partial charge on any atom is -0.381 e. The Morgan fingerprint density at radius 2 is 2.08 bits per heavy atom. The van der Waals surface area contributed by atoms with Gasteiger partial charge in [0.05, 0.1) is 23.9 Å². The lowest BCUT2D eigenvalue weighted by molar-refractivity contribution is -0.119. The summed E-state index contributed by atoms with van der Waals surface area (Å²) < 4.78 is 7.07. The van der Waals surface area contributed by atoms with Crippen molar-refractivity contribution in [2.24, 2.45) is 5.92 Å². The summed E-state index contributed by atoms with van der Waals surface area (Å²) in [5, 5.41) is 7.62. The number of hydrogen-bond acceptors (Lipinski definition) is 4. The van der Waals surface area contributed by atoms with Crippen molar-refractivity contribution in [2.75, 3.05) is 18.5 Å². The lowest BCUT2D eigenvalue weighted by atomic mass is 10.0. The molecular weight excluding hydrogens is 316 g/mol. The van der Waals surface area contributed by atoms with Crippen molar-refractivity contribution in [1.29, 1.82) is 0 Å². The minimum absolute atomic E-state index is 0.0327. The molecule has 2 aromatic heterocycles. The first kappa shape index (κ1) is 15.8. The quantitative estimate of drug-likeness (QED) is 0.798. The average molecular weight is 336 g/mol. The Kier molecular flexibility index (Phi) is 3.97. The molecule has 1 aliphatic rings. The molecule has 0 aliphatic carbocycles. The molecule has 3 aromatic rings. The molecular formula is C19H20N4O2. The van der Waals surface area contributed by atoms with Crippen molar-refractivity contribution in [1.82, 2.24) is 14.6 Å². The number of nitrogens with one attached hydrogen (secondary N) is 1. The highest BCUT2D eigenvalue weighted by Gasteiger charge is 2.26. The molecule has 0 saturated carbocycles. The van der Waals surface area contributed by atoms with Crippen LogP contribution in [0.15, 0.2) is 36.4 Å². The highest BCUT2D eigenvalue weighted by molar-refractivity contribution is 5.96. The maximum absolute atomic E-state index is 12.7. The van der Waals surface area contributed by atoms with Crippen LogP contribution < -0.4 is 5.32 Å². The number of carbonyl (C=O) groups is 1. The van der Waals surface area contributed by atoms with Crippen LogP contribution in [0.5, 0.6) is 0 Å². The van der Waals surface area contributed by atoms with Crippen LogP contribution in [0.1, 0.15) is 17.8 Å². The Balaban J connectivity index is 1.87. The Hall–Kier alpha value is -2.73. The molecule has 3 heterocycles. The van der Waals surface area contributed by atoms with E-state index in [2.05, 4.69) is 15.4 Å². The van der Waals surface area contributed by atoms with Crippen molar-refractivity contribution in [3.8, 4) is 11.1 Å². The molecule has 1 amide bonds. The standard InChI is InChI=1S/C19H20N4O2/c1-12-10-16-20-13(2)17(14-6-4-3-5-7-14)18(23(16)22-12)21-19(24)15-8-9-25-11-15/h3-7,10,15H,8-9,11H2,1-2H3,(H,21,24). The number of anilines is 1. The first-order chi connectivity index (χ1) is 12.1. The third-order valence-corrected chi connectivity index (χ3v) is 4.51. The second-order valence-corrected chi connectivity index (χ2v) is 6.39. The van der Waals surface area contributed by atoms with E-state index in [1.807, 2.05) is 50.2 Å². The summed E-state index contributed by atoms with van der Waals surface area (Å²) in [4.78, 5) is 17.4. The predicted molar refractivity (Wildman–Crippen MR) is 95.5 cm³/mol. The second kappa shape index (κ2) is 6.29. The largest absolute Gasteiger partial charge is 0.381 e. The van der Waals surface area contributed by atoms with Gasteiger partial charge in [0.25, 0.3) is 0 Å². The zero-order valence-electron chi connectivity index (χ0n) is 14.3. The van der Waals surface area contributed by atoms with Crippen LogP contribution in [0.25, 0.3) is 16.8 Å². The lowest BCUT2D eigenvalue weighted by Gasteiger charge is -2.16. The van der Waals surface area contributed by atoms with Crippen molar-refractivity contribution >= 4 is 17.4 Å². The monoisotopic (exact) mass is 336 g/mol. The fourth-order valence-electron chi connectivity index (χ4n) is 3.26. The van der Waals surface area contributed by atoms with Crippen molar-refractivity contribution in [3.63, 3.8) is 0 Å². The van der Waals surface area contributed by atoms with Gasteiger partial charge in [0.1, 0.15) is 5.82 Å². The van der Waals surface area contributed by atoms with E-state index in [0.29, 0.717) is 19.0 Å². The molecule has 128 valence electrons. The topological polar surface area (TPSA) is 68.5 Å². The number of nitrogens with zero attached hydrogens (tertiary/aromatic N) is 3. The molecule has 6 nitrogen and oxygen atoms in total. The van der Waals surface area contributed by atoms with E-state index >= 15 is 0 Å². The fraction of sp³-hybridized carbons (Fsp3) is 0.316. The molecule has 1 aromatic carbocycles. The summed E-state index contributed by atoms with van der Waals surface area (Å²) in [6.07, 6.45) is 0.748. The third kappa shape index (κ3) is 2.89. The van der Waals surface area contributed by atoms with Gasteiger partial charge >= 0.3 is 0 Å². The van der Waals surface area contributed by atoms with Crippen LogP contribution in [0.2, 0.25) is 0 Å². The molecule has 0 bridgehead atoms. The highest BCUT2D eigenvalue weighted by atomic mass is 16.5. The van der Waals surface area contributed by atoms with Gasteiger partial charge in [-0.2, -0.15) is 9.61 Å². The number of aromatic nitrogens is 3. The van der Waals surface area contributed by atoms with E-state index in [4.69, 9.17) is 4.74 Å². The highest BCUT2D eigenvalue weighted by Crippen LogP contribution is 2.32. The fourth-order valence-corrected chi connectivity index (χ4v) is 3.26. The molecule has 4 rings (SSSR count). The van der Waals surface area contributed by atoms with E-state index in [1.54, 1.807) is 4.52 Å². The number of fused-ring (bicyclic) bond motifs is 1. The molecule has 1 aliphatic heterocycles. The van der Waals surface area contributed by atoms with E-state index < -0.39 is 0 Å². The summed E-state index contributed by atoms with van der Waals surface area (Å²) in [5.41, 5.74) is 4.34. The summed E-state index contributed by atoms with van der Waals surface area (Å²) in [6, 6.07) is 11.9. The van der Waals surface area contributed by atoms with Gasteiger partial charge < -0.3 is 10.1 Å². The van der Waals surface area contributed by atoms with Crippen LogP contribution in [-0.4, -0.2) is 33.7 Å². The SMILES string of the molecule is Cc1cc2nc(C)c(-c3ccccc3)c(NC(=O)C3CCOC3)n2n1. The Morgan fingerprint density at radius 1 is 1.28 bits per heavy atom. The zero-order chi connectivity index (χ0) is 17.4. The van der Waals surface area contributed by atoms with Crippen LogP contribution in [0.3, 0.4) is 0 Å². The van der Waals surface area contributed by atoms with Gasteiger partial charge in [0, 0.05) is 18.2 Å². The Labute approximate surface area is 145 Å². The van der Waals surface area contributed by atoms with Crippen LogP contribution in [0.4, 0.5) is 5.82 Å². The van der Waals surface area contributed by atoms with E-state index in [9.17, 15) is 4.79 Å². The van der Waals surface area contributed by atoms with Gasteiger partial charge in [-0.05, 0) is 25.8 Å². The third-order valence-electron chi connectivity index (χ3n) is 4.51. The Morgan fingerprint density at radius 3 is 2.80 bits per heavy atom. The summed E-state index contributed by atoms with van der Waals surface area (Å²) >= 11 is 0. The number of benzene rings is 1. The summed E-state index contributed by atoms with van der Waals surface area (Å²) in [7, 11) is 0. The number of aryl methyl sites for hydroxylation is 2. The first-order valence-corrected chi connectivity index (χ1v) is 8.44. The van der Waals surface area contributed by atoms with Crippen LogP contribution >= 0.6 is 0 Å². The van der Waals surface area contributed by atoms with Gasteiger partial charge in [0.2, 0.25) is 5.91 Å². The molecule has 1 N–H and O–H groups in total. The lowest BCUT2D eigenvalue weighted by Crippen LogP contribution is -2.25. The second-order valence-electron chi connectivity index (χ2n) is 6.39. The molecule has 6 heteroatoms. The van der Waals surface area contributed by atoms with E-state index in [-0.39, 0.29) is 11.8 Å². The number of amides is 1. The number of carbonyl (C=O) groups excluding carboxylic acids is 1. The Bertz CT molecular complexity index is 927. The maximum Gasteiger partial charge on any atom is 0.231 e. The average Bonchev–Trinajstić information content (AvgIpc) is 3.24.